The minimum Gasteiger partial charge on any atom is -0.477 e. The van der Waals surface area contributed by atoms with Crippen LogP contribution >= 0.6 is 0 Å². The second-order valence-electron chi connectivity index (χ2n) is 7.01. The lowest BCUT2D eigenvalue weighted by atomic mass is 10.2. The van der Waals surface area contributed by atoms with Crippen LogP contribution in [-0.2, 0) is 9.53 Å². The zero-order valence-corrected chi connectivity index (χ0v) is 15.1. The average Bonchev–Trinajstić information content (AvgIpc) is 2.93. The van der Waals surface area contributed by atoms with Gasteiger partial charge in [0.15, 0.2) is 0 Å². The zero-order valence-electron chi connectivity index (χ0n) is 15.1. The largest absolute Gasteiger partial charge is 0.477 e. The number of carboxylic acids is 1. The van der Waals surface area contributed by atoms with E-state index in [2.05, 4.69) is 5.10 Å². The van der Waals surface area contributed by atoms with E-state index in [0.717, 1.165) is 18.7 Å². The molecule has 1 aromatic rings. The molecule has 0 bridgehead atoms. The molecule has 0 unspecified atom stereocenters. The first-order chi connectivity index (χ1) is 12.0. The van der Waals surface area contributed by atoms with Crippen molar-refractivity contribution in [2.75, 3.05) is 18.6 Å². The first-order valence-electron chi connectivity index (χ1n) is 8.12. The molecular weight excluding hydrogens is 344 g/mol. The van der Waals surface area contributed by atoms with E-state index in [9.17, 15) is 19.2 Å². The number of carboxylic acid groups (broad SMARTS) is 1. The molecule has 1 aliphatic heterocycles. The topological polar surface area (TPSA) is 122 Å². The molecule has 0 aliphatic carbocycles. The Morgan fingerprint density at radius 1 is 1.35 bits per heavy atom. The van der Waals surface area contributed by atoms with Crippen LogP contribution in [0.2, 0.25) is 0 Å². The quantitative estimate of drug-likeness (QED) is 0.817. The second kappa shape index (κ2) is 7.24. The van der Waals surface area contributed by atoms with Crippen molar-refractivity contribution < 1.29 is 24.2 Å². The van der Waals surface area contributed by atoms with Gasteiger partial charge in [0, 0.05) is 0 Å². The Kier molecular flexibility index (Phi) is 5.45. The van der Waals surface area contributed by atoms with Gasteiger partial charge in [0.05, 0.1) is 12.2 Å². The minimum absolute atomic E-state index is 0.450. The van der Waals surface area contributed by atoms with Crippen molar-refractivity contribution in [1.29, 1.82) is 0 Å². The number of hydrogen-bond donors (Lipinski definition) is 1. The maximum absolute atomic E-state index is 13.0. The molecule has 1 saturated heterocycles. The van der Waals surface area contributed by atoms with Crippen LogP contribution in [0.3, 0.4) is 0 Å². The summed E-state index contributed by atoms with van der Waals surface area (Å²) in [7, 11) is 1.73. The van der Waals surface area contributed by atoms with E-state index < -0.39 is 40.7 Å². The summed E-state index contributed by atoms with van der Waals surface area (Å²) >= 11 is 0. The fraction of sp³-hybridized carbons (Fsp3) is 0.562. The molecule has 0 spiro atoms. The predicted molar refractivity (Wildman–Crippen MR) is 90.6 cm³/mol. The van der Waals surface area contributed by atoms with E-state index in [-0.39, 0.29) is 0 Å². The Morgan fingerprint density at radius 3 is 2.50 bits per heavy atom. The number of rotatable bonds is 3. The van der Waals surface area contributed by atoms with Crippen LogP contribution in [0.4, 0.5) is 4.79 Å². The van der Waals surface area contributed by atoms with Crippen molar-refractivity contribution in [3.8, 4) is 0 Å². The number of carbonyl (C=O) groups excluding carboxylic acids is 2. The zero-order chi connectivity index (χ0) is 19.6. The minimum atomic E-state index is -1.49. The van der Waals surface area contributed by atoms with Crippen molar-refractivity contribution in [3.05, 3.63) is 28.2 Å². The lowest BCUT2D eigenvalue weighted by Gasteiger charge is -2.29. The van der Waals surface area contributed by atoms with Gasteiger partial charge in [-0.25, -0.2) is 9.59 Å². The molecule has 1 aromatic heterocycles. The number of aromatic carboxylic acids is 1. The highest BCUT2D eigenvalue weighted by Crippen LogP contribution is 2.18. The van der Waals surface area contributed by atoms with E-state index in [4.69, 9.17) is 9.84 Å². The molecule has 10 heteroatoms. The standard InChI is InChI=1S/C16H22N4O6/c1-16(2,3)26-15(25)19(13(22)11-6-5-9-18(11)4)20-12(21)10(14(23)24)7-8-17-20/h7-8,11H,5-6,9H2,1-4H3,(H,23,24)/t11-/m0/s1. The number of carbonyl (C=O) groups is 3. The first-order valence-corrected chi connectivity index (χ1v) is 8.12. The Labute approximate surface area is 149 Å². The van der Waals surface area contributed by atoms with Crippen molar-refractivity contribution in [1.82, 2.24) is 14.8 Å². The molecule has 0 radical (unpaired) electrons. The lowest BCUT2D eigenvalue weighted by Crippen LogP contribution is -2.58. The Hall–Kier alpha value is -2.75. The van der Waals surface area contributed by atoms with Crippen LogP contribution in [0.25, 0.3) is 0 Å². The molecule has 1 atom stereocenters. The molecule has 1 fully saturated rings. The van der Waals surface area contributed by atoms with Crippen LogP contribution in [0, 0.1) is 0 Å². The van der Waals surface area contributed by atoms with Crippen LogP contribution in [-0.4, -0.2) is 63.1 Å². The molecule has 26 heavy (non-hydrogen) atoms. The van der Waals surface area contributed by atoms with Gasteiger partial charge in [0.2, 0.25) is 0 Å². The molecule has 1 aliphatic rings. The summed E-state index contributed by atoms with van der Waals surface area (Å²) in [6, 6.07) is 0.366. The van der Waals surface area contributed by atoms with E-state index >= 15 is 0 Å². The van der Waals surface area contributed by atoms with Crippen LogP contribution in [0.15, 0.2) is 17.1 Å². The van der Waals surface area contributed by atoms with Crippen molar-refractivity contribution in [2.45, 2.75) is 45.3 Å². The number of amides is 2. The summed E-state index contributed by atoms with van der Waals surface area (Å²) in [5, 5.41) is 13.3. The summed E-state index contributed by atoms with van der Waals surface area (Å²) < 4.78 is 5.23. The predicted octanol–water partition coefficient (Wildman–Crippen LogP) is 0.435. The number of aromatic nitrogens is 2. The highest BCUT2D eigenvalue weighted by Gasteiger charge is 2.39. The monoisotopic (exact) mass is 366 g/mol. The molecule has 0 aromatic carbocycles. The third-order valence-corrected chi connectivity index (χ3v) is 3.83. The normalized spacial score (nSPS) is 17.8. The molecule has 2 heterocycles. The maximum atomic E-state index is 13.0. The van der Waals surface area contributed by atoms with E-state index in [1.54, 1.807) is 32.7 Å². The van der Waals surface area contributed by atoms with Crippen molar-refractivity contribution >= 4 is 18.0 Å². The lowest BCUT2D eigenvalue weighted by molar-refractivity contribution is -0.124. The number of nitrogens with zero attached hydrogens (tertiary/aromatic N) is 4. The summed E-state index contributed by atoms with van der Waals surface area (Å²) in [6.45, 7) is 5.49. The van der Waals surface area contributed by atoms with Crippen LogP contribution < -0.4 is 10.6 Å². The highest BCUT2D eigenvalue weighted by molar-refractivity contribution is 6.07. The average molecular weight is 366 g/mol. The Balaban J connectivity index is 2.52. The smallest absolute Gasteiger partial charge is 0.438 e. The maximum Gasteiger partial charge on any atom is 0.438 e. The molecule has 10 nitrogen and oxygen atoms in total. The van der Waals surface area contributed by atoms with Crippen LogP contribution in [0.1, 0.15) is 44.0 Å². The summed E-state index contributed by atoms with van der Waals surface area (Å²) in [5.74, 6) is -2.18. The number of hydrogen-bond acceptors (Lipinski definition) is 7. The van der Waals surface area contributed by atoms with Gasteiger partial charge in [-0.05, 0) is 53.3 Å². The van der Waals surface area contributed by atoms with Crippen molar-refractivity contribution in [3.63, 3.8) is 0 Å². The highest BCUT2D eigenvalue weighted by atomic mass is 16.6. The van der Waals surface area contributed by atoms with Gasteiger partial charge in [-0.2, -0.15) is 5.10 Å². The van der Waals surface area contributed by atoms with Gasteiger partial charge < -0.3 is 9.84 Å². The molecule has 2 rings (SSSR count). The Bertz CT molecular complexity index is 782. The number of likely N-dealkylation sites (tertiary alicyclic amines) is 1. The van der Waals surface area contributed by atoms with Gasteiger partial charge >= 0.3 is 17.6 Å². The third-order valence-electron chi connectivity index (χ3n) is 3.83. The van der Waals surface area contributed by atoms with Gasteiger partial charge in [-0.1, -0.05) is 0 Å². The fourth-order valence-electron chi connectivity index (χ4n) is 2.64. The van der Waals surface area contributed by atoms with Crippen LogP contribution in [0.5, 0.6) is 0 Å². The van der Waals surface area contributed by atoms with Crippen molar-refractivity contribution in [2.24, 2.45) is 0 Å². The SMILES string of the molecule is CN1CCC[C@H]1C(=O)N(C(=O)OC(C)(C)C)n1nccc(C(=O)O)c1=O. The second-order valence-corrected chi connectivity index (χ2v) is 7.01. The summed E-state index contributed by atoms with van der Waals surface area (Å²) in [4.78, 5) is 51.4. The number of imide groups is 1. The third kappa shape index (κ3) is 4.07. The first kappa shape index (κ1) is 19.6. The molecular formula is C16H22N4O6. The van der Waals surface area contributed by atoms with Gasteiger partial charge in [0.25, 0.3) is 5.91 Å². The summed E-state index contributed by atoms with van der Waals surface area (Å²) in [5.41, 5.74) is -2.63. The molecule has 0 saturated carbocycles. The van der Waals surface area contributed by atoms with Gasteiger partial charge in [0.1, 0.15) is 11.2 Å². The van der Waals surface area contributed by atoms with Gasteiger partial charge in [-0.3, -0.25) is 14.5 Å². The number of likely N-dealkylation sites (N-methyl/N-ethyl adjacent to an activating group) is 1. The van der Waals surface area contributed by atoms with E-state index in [1.165, 1.54) is 0 Å². The Morgan fingerprint density at radius 2 is 2.00 bits per heavy atom. The van der Waals surface area contributed by atoms with Gasteiger partial charge in [-0.15, -0.1) is 9.80 Å². The number of ether oxygens (including phenoxy) is 1. The molecule has 142 valence electrons. The molecule has 2 amide bonds. The summed E-state index contributed by atoms with van der Waals surface area (Å²) in [6.07, 6.45) is 1.20. The fourth-order valence-corrected chi connectivity index (χ4v) is 2.64. The molecule has 1 N–H and O–H groups in total. The van der Waals surface area contributed by atoms with E-state index in [0.29, 0.717) is 22.8 Å². The van der Waals surface area contributed by atoms with E-state index in [1.807, 2.05) is 0 Å².